The fraction of sp³-hybridized carbons (Fsp3) is 0.250. The van der Waals surface area contributed by atoms with Crippen molar-refractivity contribution in [3.05, 3.63) is 71.8 Å². The zero-order chi connectivity index (χ0) is 17.6. The van der Waals surface area contributed by atoms with E-state index in [9.17, 15) is 27.8 Å². The summed E-state index contributed by atoms with van der Waals surface area (Å²) in [6.07, 6.45) is 0. The SMILES string of the molecule is OC1(c2ccccc2)OOC(O)(c2ccccc2)C(F)(F)C1(F)F. The van der Waals surface area contributed by atoms with Crippen LogP contribution in [0.1, 0.15) is 11.1 Å². The third-order valence-corrected chi connectivity index (χ3v) is 3.86. The van der Waals surface area contributed by atoms with Crippen molar-refractivity contribution in [1.82, 2.24) is 0 Å². The van der Waals surface area contributed by atoms with E-state index in [0.29, 0.717) is 0 Å². The van der Waals surface area contributed by atoms with E-state index in [4.69, 9.17) is 0 Å². The fourth-order valence-electron chi connectivity index (χ4n) is 2.44. The lowest BCUT2D eigenvalue weighted by molar-refractivity contribution is -0.622. The Hall–Kier alpha value is -2.00. The molecule has 0 spiro atoms. The van der Waals surface area contributed by atoms with Crippen LogP contribution in [-0.4, -0.2) is 22.1 Å². The van der Waals surface area contributed by atoms with Gasteiger partial charge in [0.25, 0.3) is 11.6 Å². The van der Waals surface area contributed by atoms with Gasteiger partial charge >= 0.3 is 11.8 Å². The fourth-order valence-corrected chi connectivity index (χ4v) is 2.44. The van der Waals surface area contributed by atoms with Gasteiger partial charge in [0.1, 0.15) is 0 Å². The molecule has 0 saturated carbocycles. The zero-order valence-corrected chi connectivity index (χ0v) is 12.0. The summed E-state index contributed by atoms with van der Waals surface area (Å²) >= 11 is 0. The molecule has 0 aliphatic carbocycles. The van der Waals surface area contributed by atoms with E-state index in [2.05, 4.69) is 9.78 Å². The van der Waals surface area contributed by atoms with Crippen LogP contribution in [-0.2, 0) is 21.3 Å². The molecule has 2 aromatic rings. The molecule has 4 nitrogen and oxygen atoms in total. The molecule has 2 aromatic carbocycles. The molecule has 2 N–H and O–H groups in total. The lowest BCUT2D eigenvalue weighted by atomic mass is 9.86. The molecule has 1 aliphatic heterocycles. The summed E-state index contributed by atoms with van der Waals surface area (Å²) in [6.45, 7) is 0. The number of aliphatic hydroxyl groups is 2. The first-order valence-electron chi connectivity index (χ1n) is 6.85. The summed E-state index contributed by atoms with van der Waals surface area (Å²) in [6, 6.07) is 11.8. The first-order valence-corrected chi connectivity index (χ1v) is 6.85. The average molecular weight is 344 g/mol. The summed E-state index contributed by atoms with van der Waals surface area (Å²) in [4.78, 5) is 8.50. The van der Waals surface area contributed by atoms with E-state index in [1.165, 1.54) is 36.4 Å². The second-order valence-corrected chi connectivity index (χ2v) is 5.34. The molecule has 0 amide bonds. The Morgan fingerprint density at radius 3 is 1.17 bits per heavy atom. The lowest BCUT2D eigenvalue weighted by Crippen LogP contribution is -2.71. The van der Waals surface area contributed by atoms with Gasteiger partial charge in [-0.25, -0.2) is 0 Å². The minimum Gasteiger partial charge on any atom is -0.355 e. The van der Waals surface area contributed by atoms with E-state index >= 15 is 0 Å². The summed E-state index contributed by atoms with van der Waals surface area (Å²) < 4.78 is 58.1. The number of alkyl halides is 4. The Morgan fingerprint density at radius 1 is 0.583 bits per heavy atom. The van der Waals surface area contributed by atoms with E-state index < -0.39 is 34.5 Å². The van der Waals surface area contributed by atoms with Gasteiger partial charge in [0, 0.05) is 11.1 Å². The Morgan fingerprint density at radius 2 is 0.875 bits per heavy atom. The second kappa shape index (κ2) is 5.25. The highest BCUT2D eigenvalue weighted by Gasteiger charge is 2.83. The Balaban J connectivity index is 2.13. The van der Waals surface area contributed by atoms with Gasteiger partial charge in [0.15, 0.2) is 0 Å². The van der Waals surface area contributed by atoms with Crippen molar-refractivity contribution in [3.63, 3.8) is 0 Å². The highest BCUT2D eigenvalue weighted by Crippen LogP contribution is 2.59. The van der Waals surface area contributed by atoms with E-state index in [0.717, 1.165) is 24.3 Å². The maximum Gasteiger partial charge on any atom is 0.375 e. The van der Waals surface area contributed by atoms with Gasteiger partial charge in [-0.2, -0.15) is 27.3 Å². The van der Waals surface area contributed by atoms with Crippen LogP contribution in [0.3, 0.4) is 0 Å². The number of benzene rings is 2. The van der Waals surface area contributed by atoms with Crippen LogP contribution in [0.5, 0.6) is 0 Å². The predicted molar refractivity (Wildman–Crippen MR) is 72.7 cm³/mol. The minimum absolute atomic E-state index is 0.648. The molecule has 0 bridgehead atoms. The first kappa shape index (κ1) is 16.8. The van der Waals surface area contributed by atoms with Crippen LogP contribution in [0.4, 0.5) is 17.6 Å². The van der Waals surface area contributed by atoms with E-state index in [1.807, 2.05) is 0 Å². The Kier molecular flexibility index (Phi) is 3.68. The van der Waals surface area contributed by atoms with Crippen LogP contribution < -0.4 is 0 Å². The Bertz CT molecular complexity index is 662. The number of hydrogen-bond donors (Lipinski definition) is 2. The van der Waals surface area contributed by atoms with Gasteiger partial charge in [-0.3, -0.25) is 0 Å². The normalized spacial score (nSPS) is 31.6. The van der Waals surface area contributed by atoms with Crippen molar-refractivity contribution < 1.29 is 37.5 Å². The average Bonchev–Trinajstić information content (AvgIpc) is 2.59. The molecule has 0 aromatic heterocycles. The quantitative estimate of drug-likeness (QED) is 0.650. The van der Waals surface area contributed by atoms with Gasteiger partial charge in [-0.05, 0) is 0 Å². The van der Waals surface area contributed by atoms with E-state index in [-0.39, 0.29) is 0 Å². The van der Waals surface area contributed by atoms with E-state index in [1.54, 1.807) is 0 Å². The Labute approximate surface area is 133 Å². The molecular weight excluding hydrogens is 332 g/mol. The van der Waals surface area contributed by atoms with Gasteiger partial charge in [0.05, 0.1) is 0 Å². The molecule has 1 fully saturated rings. The third-order valence-electron chi connectivity index (χ3n) is 3.86. The highest BCUT2D eigenvalue weighted by atomic mass is 19.3. The van der Waals surface area contributed by atoms with Crippen molar-refractivity contribution in [1.29, 1.82) is 0 Å². The molecule has 8 heteroatoms. The first-order chi connectivity index (χ1) is 11.2. The van der Waals surface area contributed by atoms with Crippen LogP contribution in [0.25, 0.3) is 0 Å². The summed E-state index contributed by atoms with van der Waals surface area (Å²) in [5.41, 5.74) is -1.30. The molecule has 0 radical (unpaired) electrons. The second-order valence-electron chi connectivity index (χ2n) is 5.34. The van der Waals surface area contributed by atoms with Crippen molar-refractivity contribution in [2.75, 3.05) is 0 Å². The lowest BCUT2D eigenvalue weighted by Gasteiger charge is -2.49. The third kappa shape index (κ3) is 2.01. The maximum absolute atomic E-state index is 14.5. The smallest absolute Gasteiger partial charge is 0.355 e. The van der Waals surface area contributed by atoms with Crippen LogP contribution in [0, 0.1) is 0 Å². The molecule has 1 heterocycles. The molecule has 1 aliphatic rings. The predicted octanol–water partition coefficient (Wildman–Crippen LogP) is 2.91. The van der Waals surface area contributed by atoms with Gasteiger partial charge in [-0.1, -0.05) is 60.7 Å². The largest absolute Gasteiger partial charge is 0.375 e. The topological polar surface area (TPSA) is 58.9 Å². The summed E-state index contributed by atoms with van der Waals surface area (Å²) in [7, 11) is 0. The standard InChI is InChI=1S/C16H12F4O4/c17-15(18)13(21,11-7-3-1-4-8-11)23-24-14(22,16(15,19)20)12-9-5-2-6-10-12/h1-10,21-22H. The maximum atomic E-state index is 14.5. The van der Waals surface area contributed by atoms with Crippen LogP contribution >= 0.6 is 0 Å². The highest BCUT2D eigenvalue weighted by molar-refractivity contribution is 5.29. The molecule has 1 saturated heterocycles. The number of halogens is 4. The number of hydrogen-bond acceptors (Lipinski definition) is 4. The number of rotatable bonds is 2. The van der Waals surface area contributed by atoms with Crippen molar-refractivity contribution in [3.8, 4) is 0 Å². The minimum atomic E-state index is -5.20. The summed E-state index contributed by atoms with van der Waals surface area (Å²) in [5, 5.41) is 20.2. The van der Waals surface area contributed by atoms with Gasteiger partial charge in [0.2, 0.25) is 0 Å². The van der Waals surface area contributed by atoms with Gasteiger partial charge in [-0.15, -0.1) is 0 Å². The van der Waals surface area contributed by atoms with Gasteiger partial charge < -0.3 is 10.2 Å². The molecule has 3 rings (SSSR count). The molecule has 24 heavy (non-hydrogen) atoms. The molecule has 128 valence electrons. The van der Waals surface area contributed by atoms with Crippen molar-refractivity contribution in [2.45, 2.75) is 23.4 Å². The molecular formula is C16H12F4O4. The molecule has 2 atom stereocenters. The molecule has 2 unspecified atom stereocenters. The van der Waals surface area contributed by atoms with Crippen LogP contribution in [0.2, 0.25) is 0 Å². The van der Waals surface area contributed by atoms with Crippen molar-refractivity contribution in [2.24, 2.45) is 0 Å². The zero-order valence-electron chi connectivity index (χ0n) is 12.0. The summed E-state index contributed by atoms with van der Waals surface area (Å²) in [5.74, 6) is -18.0. The van der Waals surface area contributed by atoms with Crippen LogP contribution in [0.15, 0.2) is 60.7 Å². The monoisotopic (exact) mass is 344 g/mol. The van der Waals surface area contributed by atoms with Crippen molar-refractivity contribution >= 4 is 0 Å².